The van der Waals surface area contributed by atoms with E-state index in [1.54, 1.807) is 18.2 Å². The van der Waals surface area contributed by atoms with Gasteiger partial charge in [-0.05, 0) is 109 Å². The maximum Gasteiger partial charge on any atom is 0.410 e. The highest BCUT2D eigenvalue weighted by molar-refractivity contribution is 5.93. The molecular formula is C29H42N2O6. The Labute approximate surface area is 220 Å². The van der Waals surface area contributed by atoms with Crippen LogP contribution in [0.5, 0.6) is 5.75 Å². The van der Waals surface area contributed by atoms with Gasteiger partial charge in [-0.1, -0.05) is 6.07 Å². The molecule has 4 rings (SSSR count). The van der Waals surface area contributed by atoms with Crippen molar-refractivity contribution in [2.45, 2.75) is 90.3 Å². The van der Waals surface area contributed by atoms with Gasteiger partial charge in [-0.3, -0.25) is 9.69 Å². The van der Waals surface area contributed by atoms with Gasteiger partial charge in [0.2, 0.25) is 0 Å². The van der Waals surface area contributed by atoms with Crippen LogP contribution in [0.1, 0.15) is 81.6 Å². The number of piperidine rings is 3. The standard InChI is InChI=1S/C29H42N2O6/c1-19-13-14-22(27(33)35-5)24(17-19)36-25(32)12-6-11-23-21-10-8-16-30-15-7-9-20(26(21)30)18-31(23)28(34)37-29(2,3)4/h13-14,17,20-21,23,26H,6-12,15-16,18H2,1-5H3. The third-order valence-electron chi connectivity index (χ3n) is 7.95. The summed E-state index contributed by atoms with van der Waals surface area (Å²) in [6.45, 7) is 10.6. The van der Waals surface area contributed by atoms with E-state index < -0.39 is 17.5 Å². The minimum atomic E-state index is -0.557. The van der Waals surface area contributed by atoms with E-state index in [1.807, 2.05) is 32.6 Å². The summed E-state index contributed by atoms with van der Waals surface area (Å²) in [4.78, 5) is 42.8. The van der Waals surface area contributed by atoms with Crippen LogP contribution in [0, 0.1) is 18.8 Å². The van der Waals surface area contributed by atoms with Crippen molar-refractivity contribution in [3.05, 3.63) is 29.3 Å². The Balaban J connectivity index is 1.45. The number of carbonyl (C=O) groups excluding carboxylic acids is 3. The SMILES string of the molecule is COC(=O)c1ccc(C)cc1OC(=O)CCCC1C2CCCN3CCCC(CN1C(=O)OC(C)(C)C)C23. The first-order valence-electron chi connectivity index (χ1n) is 13.7. The molecule has 0 N–H and O–H groups in total. The fraction of sp³-hybridized carbons (Fsp3) is 0.690. The van der Waals surface area contributed by atoms with Crippen molar-refractivity contribution in [3.63, 3.8) is 0 Å². The minimum absolute atomic E-state index is 0.0365. The average Bonchev–Trinajstić information content (AvgIpc) is 2.84. The zero-order chi connectivity index (χ0) is 26.7. The van der Waals surface area contributed by atoms with Crippen molar-refractivity contribution >= 4 is 18.0 Å². The van der Waals surface area contributed by atoms with Crippen molar-refractivity contribution in [2.75, 3.05) is 26.7 Å². The number of ether oxygens (including phenoxy) is 3. The van der Waals surface area contributed by atoms with Crippen LogP contribution in [-0.4, -0.2) is 72.3 Å². The van der Waals surface area contributed by atoms with Gasteiger partial charge < -0.3 is 19.1 Å². The molecule has 204 valence electrons. The Hall–Kier alpha value is -2.61. The number of nitrogens with zero attached hydrogens (tertiary/aromatic N) is 2. The van der Waals surface area contributed by atoms with Crippen LogP contribution in [0.3, 0.4) is 0 Å². The van der Waals surface area contributed by atoms with Gasteiger partial charge in [0.15, 0.2) is 0 Å². The number of aryl methyl sites for hydroxylation is 1. The molecule has 8 heteroatoms. The van der Waals surface area contributed by atoms with Gasteiger partial charge in [-0.25, -0.2) is 9.59 Å². The highest BCUT2D eigenvalue weighted by atomic mass is 16.6. The molecule has 0 saturated carbocycles. The number of carbonyl (C=O) groups is 3. The summed E-state index contributed by atoms with van der Waals surface area (Å²) in [5.41, 5.74) is 0.559. The first-order chi connectivity index (χ1) is 17.6. The molecule has 3 fully saturated rings. The molecular weight excluding hydrogens is 472 g/mol. The number of hydrogen-bond acceptors (Lipinski definition) is 7. The van der Waals surface area contributed by atoms with Gasteiger partial charge >= 0.3 is 18.0 Å². The molecule has 3 aliphatic rings. The highest BCUT2D eigenvalue weighted by Gasteiger charge is 2.50. The fourth-order valence-corrected chi connectivity index (χ4v) is 6.52. The van der Waals surface area contributed by atoms with Crippen LogP contribution in [0.4, 0.5) is 4.79 Å². The molecule has 1 aromatic carbocycles. The highest BCUT2D eigenvalue weighted by Crippen LogP contribution is 2.43. The van der Waals surface area contributed by atoms with Crippen LogP contribution in [0.15, 0.2) is 18.2 Å². The molecule has 3 heterocycles. The lowest BCUT2D eigenvalue weighted by Crippen LogP contribution is -2.65. The zero-order valence-corrected chi connectivity index (χ0v) is 23.0. The number of likely N-dealkylation sites (tertiary alicyclic amines) is 1. The molecule has 0 bridgehead atoms. The lowest BCUT2D eigenvalue weighted by atomic mass is 9.69. The maximum absolute atomic E-state index is 13.3. The summed E-state index contributed by atoms with van der Waals surface area (Å²) < 4.78 is 16.2. The molecule has 0 radical (unpaired) electrons. The number of methoxy groups -OCH3 is 1. The van der Waals surface area contributed by atoms with Crippen LogP contribution in [0.2, 0.25) is 0 Å². The molecule has 1 aromatic rings. The van der Waals surface area contributed by atoms with Crippen LogP contribution in [-0.2, 0) is 14.3 Å². The molecule has 0 aromatic heterocycles. The maximum atomic E-state index is 13.3. The quantitative estimate of drug-likeness (QED) is 0.391. The van der Waals surface area contributed by atoms with Crippen molar-refractivity contribution in [1.82, 2.24) is 9.80 Å². The summed E-state index contributed by atoms with van der Waals surface area (Å²) in [7, 11) is 1.30. The normalized spacial score (nSPS) is 25.7. The minimum Gasteiger partial charge on any atom is -0.465 e. The van der Waals surface area contributed by atoms with E-state index in [0.29, 0.717) is 37.3 Å². The smallest absolute Gasteiger partial charge is 0.410 e. The van der Waals surface area contributed by atoms with Crippen molar-refractivity contribution < 1.29 is 28.6 Å². The number of amides is 1. The lowest BCUT2D eigenvalue weighted by molar-refractivity contribution is -0.134. The van der Waals surface area contributed by atoms with Gasteiger partial charge in [0.25, 0.3) is 0 Å². The van der Waals surface area contributed by atoms with E-state index in [4.69, 9.17) is 14.2 Å². The van der Waals surface area contributed by atoms with E-state index in [9.17, 15) is 14.4 Å². The molecule has 3 aliphatic heterocycles. The molecule has 4 unspecified atom stereocenters. The van der Waals surface area contributed by atoms with Gasteiger partial charge in [-0.2, -0.15) is 0 Å². The summed E-state index contributed by atoms with van der Waals surface area (Å²) in [6.07, 6.45) is 5.83. The molecule has 37 heavy (non-hydrogen) atoms. The van der Waals surface area contributed by atoms with Crippen LogP contribution >= 0.6 is 0 Å². The Bertz CT molecular complexity index is 1000. The molecule has 1 amide bonds. The van der Waals surface area contributed by atoms with Gasteiger partial charge in [0.1, 0.15) is 16.9 Å². The van der Waals surface area contributed by atoms with Crippen molar-refractivity contribution in [3.8, 4) is 5.75 Å². The Kier molecular flexibility index (Phi) is 8.46. The van der Waals surface area contributed by atoms with Crippen molar-refractivity contribution in [2.24, 2.45) is 11.8 Å². The van der Waals surface area contributed by atoms with E-state index in [2.05, 4.69) is 4.90 Å². The van der Waals surface area contributed by atoms with E-state index >= 15 is 0 Å². The second-order valence-electron chi connectivity index (χ2n) is 11.8. The first kappa shape index (κ1) is 27.4. The van der Waals surface area contributed by atoms with Crippen LogP contribution < -0.4 is 4.74 Å². The topological polar surface area (TPSA) is 85.4 Å². The van der Waals surface area contributed by atoms with Gasteiger partial charge in [-0.15, -0.1) is 0 Å². The molecule has 0 spiro atoms. The lowest BCUT2D eigenvalue weighted by Gasteiger charge is -2.57. The van der Waals surface area contributed by atoms with Crippen LogP contribution in [0.25, 0.3) is 0 Å². The molecule has 4 atom stereocenters. The summed E-state index contributed by atoms with van der Waals surface area (Å²) in [5, 5.41) is 0. The number of rotatable bonds is 6. The van der Waals surface area contributed by atoms with Crippen molar-refractivity contribution in [1.29, 1.82) is 0 Å². The number of esters is 2. The summed E-state index contributed by atoms with van der Waals surface area (Å²) in [6, 6.07) is 5.61. The Morgan fingerprint density at radius 1 is 1.08 bits per heavy atom. The molecule has 0 aliphatic carbocycles. The second-order valence-corrected chi connectivity index (χ2v) is 11.8. The van der Waals surface area contributed by atoms with Gasteiger partial charge in [0.05, 0.1) is 7.11 Å². The molecule has 3 saturated heterocycles. The Morgan fingerprint density at radius 3 is 2.51 bits per heavy atom. The third-order valence-corrected chi connectivity index (χ3v) is 7.95. The van der Waals surface area contributed by atoms with E-state index in [1.165, 1.54) is 13.5 Å². The largest absolute Gasteiger partial charge is 0.465 e. The summed E-state index contributed by atoms with van der Waals surface area (Å²) >= 11 is 0. The number of hydrogen-bond donors (Lipinski definition) is 0. The predicted molar refractivity (Wildman–Crippen MR) is 140 cm³/mol. The van der Waals surface area contributed by atoms with Gasteiger partial charge in [0, 0.05) is 25.0 Å². The third kappa shape index (κ3) is 6.46. The zero-order valence-electron chi connectivity index (χ0n) is 23.0. The molecule has 8 nitrogen and oxygen atoms in total. The summed E-state index contributed by atoms with van der Waals surface area (Å²) in [5.74, 6) is 0.154. The predicted octanol–water partition coefficient (Wildman–Crippen LogP) is 4.97. The second kappa shape index (κ2) is 11.4. The monoisotopic (exact) mass is 514 g/mol. The number of benzene rings is 1. The first-order valence-corrected chi connectivity index (χ1v) is 13.7. The Morgan fingerprint density at radius 2 is 1.81 bits per heavy atom. The fourth-order valence-electron chi connectivity index (χ4n) is 6.52. The van der Waals surface area contributed by atoms with E-state index in [-0.39, 0.29) is 29.9 Å². The average molecular weight is 515 g/mol. The van der Waals surface area contributed by atoms with E-state index in [0.717, 1.165) is 37.9 Å².